The van der Waals surface area contributed by atoms with E-state index in [4.69, 9.17) is 4.42 Å². The number of nitro groups is 1. The number of nitrogens with zero attached hydrogens (tertiary/aromatic N) is 3. The second-order valence-electron chi connectivity index (χ2n) is 6.48. The summed E-state index contributed by atoms with van der Waals surface area (Å²) >= 11 is 0. The molecule has 1 aromatic carbocycles. The zero-order chi connectivity index (χ0) is 20.7. The normalized spacial score (nSPS) is 14.7. The summed E-state index contributed by atoms with van der Waals surface area (Å²) in [4.78, 5) is 48.7. The minimum Gasteiger partial charge on any atom is -0.457 e. The van der Waals surface area contributed by atoms with Gasteiger partial charge >= 0.3 is 6.03 Å². The van der Waals surface area contributed by atoms with E-state index in [0.29, 0.717) is 16.9 Å². The van der Waals surface area contributed by atoms with Gasteiger partial charge in [0.1, 0.15) is 17.1 Å². The highest BCUT2D eigenvalue weighted by Gasteiger charge is 2.38. The molecule has 1 aliphatic heterocycles. The average molecular weight is 383 g/mol. The average Bonchev–Trinajstić information content (AvgIpc) is 3.10. The van der Waals surface area contributed by atoms with Crippen LogP contribution in [0.2, 0.25) is 0 Å². The Balaban J connectivity index is 2.02. The summed E-state index contributed by atoms with van der Waals surface area (Å²) in [5.41, 5.74) is 1.61. The Kier molecular flexibility index (Phi) is 4.60. The lowest BCUT2D eigenvalue weighted by Crippen LogP contribution is -2.52. The minimum absolute atomic E-state index is 0.0312. The van der Waals surface area contributed by atoms with Gasteiger partial charge < -0.3 is 4.42 Å². The van der Waals surface area contributed by atoms with E-state index in [1.807, 2.05) is 0 Å². The first-order valence-electron chi connectivity index (χ1n) is 8.29. The summed E-state index contributed by atoms with van der Waals surface area (Å²) in [6.45, 7) is 3.46. The van der Waals surface area contributed by atoms with Crippen molar-refractivity contribution in [3.63, 3.8) is 0 Å². The molecule has 1 aliphatic rings. The number of hydrogen-bond donors (Lipinski definition) is 0. The van der Waals surface area contributed by atoms with Crippen molar-refractivity contribution < 1.29 is 23.7 Å². The molecular weight excluding hydrogens is 366 g/mol. The van der Waals surface area contributed by atoms with Crippen LogP contribution in [-0.2, 0) is 9.59 Å². The molecule has 0 spiro atoms. The lowest BCUT2D eigenvalue weighted by Gasteiger charge is -2.28. The monoisotopic (exact) mass is 383 g/mol. The Bertz CT molecular complexity index is 1040. The molecule has 28 heavy (non-hydrogen) atoms. The summed E-state index contributed by atoms with van der Waals surface area (Å²) in [6, 6.07) is 5.55. The largest absolute Gasteiger partial charge is 0.457 e. The Morgan fingerprint density at radius 2 is 1.61 bits per heavy atom. The van der Waals surface area contributed by atoms with Gasteiger partial charge in [-0.15, -0.1) is 0 Å². The van der Waals surface area contributed by atoms with E-state index < -0.39 is 22.8 Å². The molecule has 4 amide bonds. The van der Waals surface area contributed by atoms with Crippen molar-refractivity contribution in [2.45, 2.75) is 13.8 Å². The van der Waals surface area contributed by atoms with Crippen LogP contribution in [0.4, 0.5) is 10.5 Å². The van der Waals surface area contributed by atoms with E-state index >= 15 is 0 Å². The second kappa shape index (κ2) is 6.76. The van der Waals surface area contributed by atoms with Crippen molar-refractivity contribution in [2.24, 2.45) is 0 Å². The van der Waals surface area contributed by atoms with Crippen molar-refractivity contribution in [3.8, 4) is 11.3 Å². The third kappa shape index (κ3) is 3.07. The number of barbiturate groups is 1. The Morgan fingerprint density at radius 3 is 2.18 bits per heavy atom. The number of carbonyl (C=O) groups is 3. The molecule has 2 heterocycles. The third-order valence-corrected chi connectivity index (χ3v) is 4.56. The predicted molar refractivity (Wildman–Crippen MR) is 99.2 cm³/mol. The van der Waals surface area contributed by atoms with E-state index in [2.05, 4.69) is 0 Å². The minimum atomic E-state index is -0.729. The standard InChI is InChI=1S/C19H17N3O6/c1-10-7-11(2)15(22(26)27)9-13(10)16-6-5-12(28-16)8-14-17(23)20(3)19(25)21(4)18(14)24/h5-9H,1-4H3. The van der Waals surface area contributed by atoms with Crippen LogP contribution in [0.5, 0.6) is 0 Å². The molecule has 1 aromatic heterocycles. The maximum absolute atomic E-state index is 12.3. The number of carbonyl (C=O) groups excluding carboxylic acids is 3. The molecule has 0 bridgehead atoms. The fourth-order valence-electron chi connectivity index (χ4n) is 3.00. The quantitative estimate of drug-likeness (QED) is 0.348. The summed E-state index contributed by atoms with van der Waals surface area (Å²) < 4.78 is 5.70. The zero-order valence-corrected chi connectivity index (χ0v) is 15.7. The van der Waals surface area contributed by atoms with E-state index in [1.165, 1.54) is 26.2 Å². The van der Waals surface area contributed by atoms with Crippen molar-refractivity contribution in [2.75, 3.05) is 14.1 Å². The van der Waals surface area contributed by atoms with Crippen LogP contribution in [-0.4, -0.2) is 46.7 Å². The van der Waals surface area contributed by atoms with Crippen molar-refractivity contribution in [1.82, 2.24) is 9.80 Å². The summed E-state index contributed by atoms with van der Waals surface area (Å²) in [5, 5.41) is 11.2. The highest BCUT2D eigenvalue weighted by Crippen LogP contribution is 2.32. The third-order valence-electron chi connectivity index (χ3n) is 4.56. The molecule has 0 atom stereocenters. The van der Waals surface area contributed by atoms with Crippen LogP contribution < -0.4 is 0 Å². The van der Waals surface area contributed by atoms with Crippen LogP contribution in [0.25, 0.3) is 17.4 Å². The Morgan fingerprint density at radius 1 is 1.00 bits per heavy atom. The van der Waals surface area contributed by atoms with Gasteiger partial charge in [0, 0.05) is 31.3 Å². The van der Waals surface area contributed by atoms with Gasteiger partial charge in [0.25, 0.3) is 17.5 Å². The second-order valence-corrected chi connectivity index (χ2v) is 6.48. The molecule has 9 nitrogen and oxygen atoms in total. The van der Waals surface area contributed by atoms with E-state index in [-0.39, 0.29) is 17.0 Å². The number of rotatable bonds is 3. The van der Waals surface area contributed by atoms with Gasteiger partial charge in [-0.3, -0.25) is 29.5 Å². The fourth-order valence-corrected chi connectivity index (χ4v) is 3.00. The first-order valence-corrected chi connectivity index (χ1v) is 8.29. The number of likely N-dealkylation sites (N-methyl/N-ethyl adjacent to an activating group) is 2. The number of imide groups is 2. The van der Waals surface area contributed by atoms with Crippen LogP contribution in [0.3, 0.4) is 0 Å². The van der Waals surface area contributed by atoms with Crippen LogP contribution >= 0.6 is 0 Å². The van der Waals surface area contributed by atoms with Gasteiger partial charge in [0.15, 0.2) is 0 Å². The van der Waals surface area contributed by atoms with Gasteiger partial charge in [0.2, 0.25) is 0 Å². The molecule has 0 aliphatic carbocycles. The molecule has 3 rings (SSSR count). The summed E-state index contributed by atoms with van der Waals surface area (Å²) in [6.07, 6.45) is 1.26. The summed E-state index contributed by atoms with van der Waals surface area (Å²) in [7, 11) is 2.56. The van der Waals surface area contributed by atoms with Gasteiger partial charge in [-0.1, -0.05) is 0 Å². The topological polar surface area (TPSA) is 114 Å². The lowest BCUT2D eigenvalue weighted by atomic mass is 10.0. The number of urea groups is 1. The molecular formula is C19H17N3O6. The van der Waals surface area contributed by atoms with Crippen molar-refractivity contribution >= 4 is 29.6 Å². The van der Waals surface area contributed by atoms with Gasteiger partial charge in [0.05, 0.1) is 4.92 Å². The number of furan rings is 1. The zero-order valence-electron chi connectivity index (χ0n) is 15.7. The van der Waals surface area contributed by atoms with Crippen molar-refractivity contribution in [1.29, 1.82) is 0 Å². The number of amides is 4. The number of aryl methyl sites for hydroxylation is 2. The lowest BCUT2D eigenvalue weighted by molar-refractivity contribution is -0.385. The molecule has 0 radical (unpaired) electrons. The Labute approximate surface area is 160 Å². The molecule has 9 heteroatoms. The van der Waals surface area contributed by atoms with E-state index in [9.17, 15) is 24.5 Å². The van der Waals surface area contributed by atoms with Crippen LogP contribution in [0.1, 0.15) is 16.9 Å². The molecule has 0 saturated carbocycles. The van der Waals surface area contributed by atoms with Crippen LogP contribution in [0, 0.1) is 24.0 Å². The highest BCUT2D eigenvalue weighted by atomic mass is 16.6. The van der Waals surface area contributed by atoms with E-state index in [0.717, 1.165) is 15.4 Å². The molecule has 144 valence electrons. The molecule has 1 saturated heterocycles. The van der Waals surface area contributed by atoms with Crippen LogP contribution in [0.15, 0.2) is 34.3 Å². The maximum atomic E-state index is 12.3. The first kappa shape index (κ1) is 19.0. The van der Waals surface area contributed by atoms with Gasteiger partial charge in [-0.05, 0) is 43.7 Å². The number of hydrogen-bond acceptors (Lipinski definition) is 6. The molecule has 1 fully saturated rings. The number of nitro benzene ring substituents is 1. The molecule has 0 unspecified atom stereocenters. The Hall–Kier alpha value is -3.75. The predicted octanol–water partition coefficient (Wildman–Crippen LogP) is 2.91. The fraction of sp³-hybridized carbons (Fsp3) is 0.211. The van der Waals surface area contributed by atoms with Crippen molar-refractivity contribution in [3.05, 3.63) is 56.8 Å². The van der Waals surface area contributed by atoms with Gasteiger partial charge in [-0.2, -0.15) is 0 Å². The highest BCUT2D eigenvalue weighted by molar-refractivity contribution is 6.30. The number of benzene rings is 1. The SMILES string of the molecule is Cc1cc(C)c([N+](=O)[O-])cc1-c1ccc(C=C2C(=O)N(C)C(=O)N(C)C2=O)o1. The smallest absolute Gasteiger partial charge is 0.333 e. The van der Waals surface area contributed by atoms with E-state index in [1.54, 1.807) is 32.0 Å². The summed E-state index contributed by atoms with van der Waals surface area (Å²) in [5.74, 6) is -0.882. The molecule has 2 aromatic rings. The maximum Gasteiger partial charge on any atom is 0.333 e. The first-order chi connectivity index (χ1) is 13.1. The molecule has 0 N–H and O–H groups in total. The van der Waals surface area contributed by atoms with Gasteiger partial charge in [-0.25, -0.2) is 4.79 Å².